The first-order valence-corrected chi connectivity index (χ1v) is 12.2. The Kier molecular flexibility index (Phi) is 10.1. The van der Waals surface area contributed by atoms with Crippen molar-refractivity contribution in [2.75, 3.05) is 33.8 Å². The van der Waals surface area contributed by atoms with E-state index in [1.165, 1.54) is 11.3 Å². The maximum Gasteiger partial charge on any atom is 0.408 e. The van der Waals surface area contributed by atoms with Crippen LogP contribution < -0.4 is 10.1 Å². The van der Waals surface area contributed by atoms with Crippen LogP contribution in [0.25, 0.3) is 0 Å². The molecule has 9 heteroatoms. The molecule has 0 saturated carbocycles. The zero-order valence-electron chi connectivity index (χ0n) is 20.9. The zero-order chi connectivity index (χ0) is 25.9. The summed E-state index contributed by atoms with van der Waals surface area (Å²) in [5.74, 6) is -0.683. The molecule has 0 aliphatic carbocycles. The highest BCUT2D eigenvalue weighted by Gasteiger charge is 2.23. The molecular formula is C27H35N3O6. The molecule has 1 saturated heterocycles. The number of aliphatic carboxylic acids is 1. The van der Waals surface area contributed by atoms with Gasteiger partial charge in [0.2, 0.25) is 0 Å². The normalized spacial score (nSPS) is 16.2. The highest BCUT2D eigenvalue weighted by atomic mass is 16.5. The van der Waals surface area contributed by atoms with E-state index in [-0.39, 0.29) is 18.9 Å². The fourth-order valence-corrected chi connectivity index (χ4v) is 4.12. The monoisotopic (exact) mass is 497 g/mol. The molecule has 2 aromatic rings. The quantitative estimate of drug-likeness (QED) is 0.463. The van der Waals surface area contributed by atoms with Crippen LogP contribution in [0.1, 0.15) is 41.6 Å². The van der Waals surface area contributed by atoms with Crippen molar-refractivity contribution in [3.63, 3.8) is 0 Å². The number of amides is 2. The summed E-state index contributed by atoms with van der Waals surface area (Å²) >= 11 is 0. The summed E-state index contributed by atoms with van der Waals surface area (Å²) in [6.45, 7) is 2.05. The van der Waals surface area contributed by atoms with Crippen LogP contribution in [0, 0.1) is 0 Å². The lowest BCUT2D eigenvalue weighted by molar-refractivity contribution is -0.139. The molecule has 9 nitrogen and oxygen atoms in total. The fourth-order valence-electron chi connectivity index (χ4n) is 4.12. The largest absolute Gasteiger partial charge is 0.492 e. The maximum absolute atomic E-state index is 12.9. The van der Waals surface area contributed by atoms with Crippen LogP contribution in [-0.2, 0) is 16.1 Å². The third-order valence-corrected chi connectivity index (χ3v) is 6.33. The van der Waals surface area contributed by atoms with Gasteiger partial charge in [0.15, 0.2) is 0 Å². The van der Waals surface area contributed by atoms with E-state index >= 15 is 0 Å². The van der Waals surface area contributed by atoms with Gasteiger partial charge >= 0.3 is 12.1 Å². The molecule has 0 unspecified atom stereocenters. The molecule has 2 aromatic carbocycles. The summed E-state index contributed by atoms with van der Waals surface area (Å²) in [4.78, 5) is 40.3. The standard InChI is InChI=1S/C27H35N3O6/c1-29-15-7-12-22(29)19-35-23-13-6-11-21(17-23)25(31)30(2)16-8-14-24(26(32)33)28-27(34)36-18-20-9-4-3-5-10-20/h3-6,9-11,13,17,22,24H,7-8,12,14-16,18-19H2,1-2H3,(H,28,34)(H,32,33)/t22-,24-/m0/s1. The Morgan fingerprint density at radius 2 is 1.94 bits per heavy atom. The van der Waals surface area contributed by atoms with Gasteiger partial charge in [-0.25, -0.2) is 9.59 Å². The lowest BCUT2D eigenvalue weighted by atomic mass is 10.1. The van der Waals surface area contributed by atoms with Gasteiger partial charge in [0.1, 0.15) is 25.0 Å². The van der Waals surface area contributed by atoms with Crippen LogP contribution in [-0.4, -0.2) is 78.8 Å². The average molecular weight is 498 g/mol. The number of carbonyl (C=O) groups excluding carboxylic acids is 2. The van der Waals surface area contributed by atoms with E-state index in [1.807, 2.05) is 36.4 Å². The van der Waals surface area contributed by atoms with Crippen molar-refractivity contribution < 1.29 is 29.0 Å². The highest BCUT2D eigenvalue weighted by molar-refractivity contribution is 5.94. The lowest BCUT2D eigenvalue weighted by Gasteiger charge is -2.21. The second-order valence-electron chi connectivity index (χ2n) is 9.08. The number of rotatable bonds is 12. The minimum atomic E-state index is -1.15. The minimum Gasteiger partial charge on any atom is -0.492 e. The van der Waals surface area contributed by atoms with Crippen molar-refractivity contribution in [2.45, 2.75) is 44.4 Å². The first-order chi connectivity index (χ1) is 17.3. The number of nitrogens with zero attached hydrogens (tertiary/aromatic N) is 2. The molecule has 36 heavy (non-hydrogen) atoms. The third-order valence-electron chi connectivity index (χ3n) is 6.33. The van der Waals surface area contributed by atoms with Gasteiger partial charge < -0.3 is 29.7 Å². The molecule has 0 bridgehead atoms. The fraction of sp³-hybridized carbons (Fsp3) is 0.444. The minimum absolute atomic E-state index is 0.0520. The van der Waals surface area contributed by atoms with Gasteiger partial charge in [-0.05, 0) is 63.0 Å². The molecule has 0 radical (unpaired) electrons. The van der Waals surface area contributed by atoms with Gasteiger partial charge in [-0.3, -0.25) is 4.79 Å². The number of carbonyl (C=O) groups is 3. The number of hydrogen-bond donors (Lipinski definition) is 2. The van der Waals surface area contributed by atoms with Crippen LogP contribution in [0.5, 0.6) is 5.75 Å². The first-order valence-electron chi connectivity index (χ1n) is 12.2. The SMILES string of the molecule is CN(CCC[C@H](NC(=O)OCc1ccccc1)C(=O)O)C(=O)c1cccc(OC[C@@H]2CCCN2C)c1. The molecule has 194 valence electrons. The number of hydrogen-bond acceptors (Lipinski definition) is 6. The summed E-state index contributed by atoms with van der Waals surface area (Å²) in [5.41, 5.74) is 1.31. The number of nitrogens with one attached hydrogen (secondary N) is 1. The summed E-state index contributed by atoms with van der Waals surface area (Å²) < 4.78 is 11.0. The Morgan fingerprint density at radius 1 is 1.17 bits per heavy atom. The van der Waals surface area contributed by atoms with Gasteiger partial charge in [-0.1, -0.05) is 36.4 Å². The first kappa shape index (κ1) is 27.0. The molecule has 1 aliphatic rings. The molecular weight excluding hydrogens is 462 g/mol. The number of carboxylic acids is 1. The maximum atomic E-state index is 12.9. The van der Waals surface area contributed by atoms with Crippen molar-refractivity contribution in [1.82, 2.24) is 15.1 Å². The number of benzene rings is 2. The topological polar surface area (TPSA) is 108 Å². The number of likely N-dealkylation sites (tertiary alicyclic amines) is 1. The predicted molar refractivity (Wildman–Crippen MR) is 135 cm³/mol. The molecule has 2 amide bonds. The van der Waals surface area contributed by atoms with Gasteiger partial charge in [-0.15, -0.1) is 0 Å². The molecule has 1 heterocycles. The summed E-state index contributed by atoms with van der Waals surface area (Å²) in [6, 6.07) is 15.5. The van der Waals surface area contributed by atoms with E-state index in [0.29, 0.717) is 36.9 Å². The van der Waals surface area contributed by atoms with E-state index in [4.69, 9.17) is 9.47 Å². The molecule has 2 atom stereocenters. The molecule has 0 aromatic heterocycles. The Labute approximate surface area is 212 Å². The summed E-state index contributed by atoms with van der Waals surface area (Å²) in [6.07, 6.45) is 2.03. The number of carboxylic acid groups (broad SMARTS) is 1. The van der Waals surface area contributed by atoms with Crippen LogP contribution >= 0.6 is 0 Å². The second-order valence-corrected chi connectivity index (χ2v) is 9.08. The second kappa shape index (κ2) is 13.5. The molecule has 0 spiro atoms. The smallest absolute Gasteiger partial charge is 0.408 e. The number of alkyl carbamates (subject to hydrolysis) is 1. The van der Waals surface area contributed by atoms with E-state index in [1.54, 1.807) is 25.2 Å². The van der Waals surface area contributed by atoms with Crippen LogP contribution in [0.4, 0.5) is 4.79 Å². The average Bonchev–Trinajstić information content (AvgIpc) is 3.30. The van der Waals surface area contributed by atoms with Crippen LogP contribution in [0.2, 0.25) is 0 Å². The number of likely N-dealkylation sites (N-methyl/N-ethyl adjacent to an activating group) is 1. The van der Waals surface area contributed by atoms with Gasteiger partial charge in [0.25, 0.3) is 5.91 Å². The van der Waals surface area contributed by atoms with Crippen molar-refractivity contribution in [2.24, 2.45) is 0 Å². The summed E-state index contributed by atoms with van der Waals surface area (Å²) in [5, 5.41) is 11.9. The van der Waals surface area contributed by atoms with E-state index in [0.717, 1.165) is 18.5 Å². The molecule has 1 aliphatic heterocycles. The van der Waals surface area contributed by atoms with Gasteiger partial charge in [0, 0.05) is 25.2 Å². The van der Waals surface area contributed by atoms with Crippen molar-refractivity contribution >= 4 is 18.0 Å². The Morgan fingerprint density at radius 3 is 2.64 bits per heavy atom. The van der Waals surface area contributed by atoms with E-state index in [9.17, 15) is 19.5 Å². The Balaban J connectivity index is 1.43. The predicted octanol–water partition coefficient (Wildman–Crippen LogP) is 3.39. The Bertz CT molecular complexity index is 1020. The molecule has 1 fully saturated rings. The van der Waals surface area contributed by atoms with E-state index < -0.39 is 18.1 Å². The van der Waals surface area contributed by atoms with Crippen molar-refractivity contribution in [1.29, 1.82) is 0 Å². The van der Waals surface area contributed by atoms with E-state index in [2.05, 4.69) is 17.3 Å². The van der Waals surface area contributed by atoms with Crippen molar-refractivity contribution in [3.8, 4) is 5.75 Å². The number of ether oxygens (including phenoxy) is 2. The summed E-state index contributed by atoms with van der Waals surface area (Å²) in [7, 11) is 3.76. The lowest BCUT2D eigenvalue weighted by Crippen LogP contribution is -2.41. The van der Waals surface area contributed by atoms with Crippen LogP contribution in [0.3, 0.4) is 0 Å². The van der Waals surface area contributed by atoms with Crippen LogP contribution in [0.15, 0.2) is 54.6 Å². The van der Waals surface area contributed by atoms with Crippen molar-refractivity contribution in [3.05, 3.63) is 65.7 Å². The highest BCUT2D eigenvalue weighted by Crippen LogP contribution is 2.19. The van der Waals surface area contributed by atoms with Gasteiger partial charge in [-0.2, -0.15) is 0 Å². The zero-order valence-corrected chi connectivity index (χ0v) is 20.9. The van der Waals surface area contributed by atoms with Gasteiger partial charge in [0.05, 0.1) is 0 Å². The molecule has 2 N–H and O–H groups in total. The third kappa shape index (κ3) is 8.27. The molecule has 3 rings (SSSR count). The Hall–Kier alpha value is -3.59.